The van der Waals surface area contributed by atoms with E-state index in [0.29, 0.717) is 5.56 Å². The maximum atomic E-state index is 14.0. The summed E-state index contributed by atoms with van der Waals surface area (Å²) in [6.07, 6.45) is 1.87. The van der Waals surface area contributed by atoms with Gasteiger partial charge in [-0.2, -0.15) is 0 Å². The normalized spacial score (nSPS) is 14.7. The van der Waals surface area contributed by atoms with Gasteiger partial charge in [0, 0.05) is 36.3 Å². The minimum absolute atomic E-state index is 0.0308. The van der Waals surface area contributed by atoms with Gasteiger partial charge in [0.05, 0.1) is 11.5 Å². The minimum atomic E-state index is -0.426. The van der Waals surface area contributed by atoms with Crippen LogP contribution in [0.5, 0.6) is 0 Å². The van der Waals surface area contributed by atoms with E-state index in [-0.39, 0.29) is 42.6 Å². The van der Waals surface area contributed by atoms with E-state index in [9.17, 15) is 19.3 Å². The van der Waals surface area contributed by atoms with Crippen molar-refractivity contribution in [3.05, 3.63) is 75.6 Å². The number of non-ortho nitro benzene ring substituents is 1. The zero-order valence-electron chi connectivity index (χ0n) is 16.0. The Bertz CT molecular complexity index is 869. The number of nitro benzene ring substituents is 1. The topological polar surface area (TPSA) is 66.7 Å². The highest BCUT2D eigenvalue weighted by atomic mass is 19.1. The van der Waals surface area contributed by atoms with Crippen LogP contribution >= 0.6 is 0 Å². The molecule has 0 radical (unpaired) electrons. The number of carbonyl (C=O) groups excluding carboxylic acids is 1. The lowest BCUT2D eigenvalue weighted by molar-refractivity contribution is -0.384. The number of amides is 1. The van der Waals surface area contributed by atoms with Crippen molar-refractivity contribution in [1.82, 2.24) is 9.80 Å². The molecule has 0 bridgehead atoms. The molecule has 3 rings (SSSR count). The molecule has 6 nitrogen and oxygen atoms in total. The SMILES string of the molecule is C[C@H](c1cccc([N+](=O)[O-])c1)N(C)CC(=O)N(Cc1ccccc1F)C1CC1. The number of benzene rings is 2. The van der Waals surface area contributed by atoms with E-state index in [0.717, 1.165) is 18.4 Å². The first-order chi connectivity index (χ1) is 13.4. The van der Waals surface area contributed by atoms with E-state index in [4.69, 9.17) is 0 Å². The number of halogens is 1. The molecular formula is C21H24FN3O3. The van der Waals surface area contributed by atoms with Gasteiger partial charge in [-0.3, -0.25) is 19.8 Å². The van der Waals surface area contributed by atoms with Crippen LogP contribution in [-0.4, -0.2) is 40.3 Å². The van der Waals surface area contributed by atoms with Crippen LogP contribution in [-0.2, 0) is 11.3 Å². The van der Waals surface area contributed by atoms with Crippen molar-refractivity contribution in [2.24, 2.45) is 0 Å². The number of rotatable bonds is 8. The standard InChI is InChI=1S/C21H24FN3O3/c1-15(16-7-5-8-19(12-16)25(27)28)23(2)14-21(26)24(18-10-11-18)13-17-6-3-4-9-20(17)22/h3-9,12,15,18H,10-11,13-14H2,1-2H3/t15-/m1/s1. The first kappa shape index (κ1) is 19.9. The Morgan fingerprint density at radius 3 is 2.61 bits per heavy atom. The van der Waals surface area contributed by atoms with E-state index in [2.05, 4.69) is 0 Å². The van der Waals surface area contributed by atoms with Crippen molar-refractivity contribution in [3.8, 4) is 0 Å². The summed E-state index contributed by atoms with van der Waals surface area (Å²) in [6.45, 7) is 2.33. The van der Waals surface area contributed by atoms with Crippen LogP contribution in [0.3, 0.4) is 0 Å². The molecule has 2 aromatic rings. The Morgan fingerprint density at radius 1 is 1.25 bits per heavy atom. The van der Waals surface area contributed by atoms with E-state index in [1.807, 2.05) is 24.9 Å². The summed E-state index contributed by atoms with van der Waals surface area (Å²) in [4.78, 5) is 27.1. The Kier molecular flexibility index (Phi) is 6.04. The molecule has 0 unspecified atom stereocenters. The summed E-state index contributed by atoms with van der Waals surface area (Å²) in [5.41, 5.74) is 1.32. The van der Waals surface area contributed by atoms with Crippen molar-refractivity contribution >= 4 is 11.6 Å². The largest absolute Gasteiger partial charge is 0.334 e. The van der Waals surface area contributed by atoms with Gasteiger partial charge >= 0.3 is 0 Å². The molecule has 1 amide bonds. The van der Waals surface area contributed by atoms with Gasteiger partial charge in [0.15, 0.2) is 0 Å². The molecule has 1 aliphatic carbocycles. The maximum Gasteiger partial charge on any atom is 0.269 e. The van der Waals surface area contributed by atoms with Crippen LogP contribution in [0.15, 0.2) is 48.5 Å². The third kappa shape index (κ3) is 4.72. The minimum Gasteiger partial charge on any atom is -0.334 e. The predicted molar refractivity (Wildman–Crippen MR) is 104 cm³/mol. The Morgan fingerprint density at radius 2 is 1.96 bits per heavy atom. The highest BCUT2D eigenvalue weighted by molar-refractivity contribution is 5.79. The van der Waals surface area contributed by atoms with Crippen LogP contribution in [0, 0.1) is 15.9 Å². The van der Waals surface area contributed by atoms with Crippen molar-refractivity contribution in [3.63, 3.8) is 0 Å². The lowest BCUT2D eigenvalue weighted by Crippen LogP contribution is -2.40. The average Bonchev–Trinajstić information content (AvgIpc) is 3.51. The number of hydrogen-bond acceptors (Lipinski definition) is 4. The highest BCUT2D eigenvalue weighted by Gasteiger charge is 2.33. The van der Waals surface area contributed by atoms with E-state index in [1.165, 1.54) is 18.2 Å². The molecule has 0 saturated heterocycles. The third-order valence-corrected chi connectivity index (χ3v) is 5.22. The van der Waals surface area contributed by atoms with Crippen molar-refractivity contribution in [1.29, 1.82) is 0 Å². The van der Waals surface area contributed by atoms with Gasteiger partial charge < -0.3 is 4.90 Å². The molecule has 0 spiro atoms. The quantitative estimate of drug-likeness (QED) is 0.510. The van der Waals surface area contributed by atoms with Gasteiger partial charge in [-0.15, -0.1) is 0 Å². The van der Waals surface area contributed by atoms with Gasteiger partial charge in [-0.05, 0) is 38.4 Å². The second-order valence-corrected chi connectivity index (χ2v) is 7.29. The molecule has 0 aliphatic heterocycles. The summed E-state index contributed by atoms with van der Waals surface area (Å²) in [7, 11) is 1.82. The summed E-state index contributed by atoms with van der Waals surface area (Å²) in [5, 5.41) is 11.0. The Labute approximate surface area is 163 Å². The van der Waals surface area contributed by atoms with Crippen LogP contribution < -0.4 is 0 Å². The molecule has 0 aromatic heterocycles. The van der Waals surface area contributed by atoms with Gasteiger partial charge in [0.25, 0.3) is 5.69 Å². The number of hydrogen-bond donors (Lipinski definition) is 0. The van der Waals surface area contributed by atoms with Gasteiger partial charge in [-0.25, -0.2) is 4.39 Å². The third-order valence-electron chi connectivity index (χ3n) is 5.22. The molecule has 0 heterocycles. The van der Waals surface area contributed by atoms with Crippen molar-refractivity contribution in [2.45, 2.75) is 38.4 Å². The molecule has 1 saturated carbocycles. The van der Waals surface area contributed by atoms with Gasteiger partial charge in [0.1, 0.15) is 5.82 Å². The summed E-state index contributed by atoms with van der Waals surface area (Å²) >= 11 is 0. The summed E-state index contributed by atoms with van der Waals surface area (Å²) in [6, 6.07) is 12.9. The zero-order chi connectivity index (χ0) is 20.3. The summed E-state index contributed by atoms with van der Waals surface area (Å²) in [5.74, 6) is -0.371. The monoisotopic (exact) mass is 385 g/mol. The number of nitro groups is 1. The fourth-order valence-electron chi connectivity index (χ4n) is 3.21. The molecule has 148 valence electrons. The second-order valence-electron chi connectivity index (χ2n) is 7.29. The number of nitrogens with zero attached hydrogens (tertiary/aromatic N) is 3. The molecule has 1 aliphatic rings. The van der Waals surface area contributed by atoms with Crippen LogP contribution in [0.4, 0.5) is 10.1 Å². The van der Waals surface area contributed by atoms with E-state index in [1.54, 1.807) is 29.2 Å². The predicted octanol–water partition coefficient (Wildman–Crippen LogP) is 3.92. The van der Waals surface area contributed by atoms with Crippen molar-refractivity contribution < 1.29 is 14.1 Å². The fraction of sp³-hybridized carbons (Fsp3) is 0.381. The average molecular weight is 385 g/mol. The van der Waals surface area contributed by atoms with Gasteiger partial charge in [-0.1, -0.05) is 30.3 Å². The Balaban J connectivity index is 1.68. The molecule has 1 fully saturated rings. The zero-order valence-corrected chi connectivity index (χ0v) is 16.0. The van der Waals surface area contributed by atoms with Crippen LogP contribution in [0.25, 0.3) is 0 Å². The molecule has 28 heavy (non-hydrogen) atoms. The van der Waals surface area contributed by atoms with Crippen LogP contribution in [0.2, 0.25) is 0 Å². The van der Waals surface area contributed by atoms with E-state index < -0.39 is 4.92 Å². The molecule has 0 N–H and O–H groups in total. The summed E-state index contributed by atoms with van der Waals surface area (Å²) < 4.78 is 14.0. The fourth-order valence-corrected chi connectivity index (χ4v) is 3.21. The number of carbonyl (C=O) groups is 1. The first-order valence-corrected chi connectivity index (χ1v) is 9.34. The van der Waals surface area contributed by atoms with Gasteiger partial charge in [0.2, 0.25) is 5.91 Å². The molecule has 7 heteroatoms. The lowest BCUT2D eigenvalue weighted by atomic mass is 10.1. The molecular weight excluding hydrogens is 361 g/mol. The van der Waals surface area contributed by atoms with E-state index >= 15 is 0 Å². The Hall–Kier alpha value is -2.80. The van der Waals surface area contributed by atoms with Crippen molar-refractivity contribution in [2.75, 3.05) is 13.6 Å². The maximum absolute atomic E-state index is 14.0. The van der Waals surface area contributed by atoms with Crippen LogP contribution in [0.1, 0.15) is 36.9 Å². The lowest BCUT2D eigenvalue weighted by Gasteiger charge is -2.29. The highest BCUT2D eigenvalue weighted by Crippen LogP contribution is 2.30. The first-order valence-electron chi connectivity index (χ1n) is 9.34. The number of likely N-dealkylation sites (N-methyl/N-ethyl adjacent to an activating group) is 1. The second kappa shape index (κ2) is 8.48. The molecule has 1 atom stereocenters. The molecule has 2 aromatic carbocycles. The smallest absolute Gasteiger partial charge is 0.269 e.